The molecule has 0 radical (unpaired) electrons. The van der Waals surface area contributed by atoms with E-state index in [1.165, 1.54) is 6.42 Å². The molecule has 110 valence electrons. The van der Waals surface area contributed by atoms with Crippen LogP contribution in [-0.2, 0) is 0 Å². The van der Waals surface area contributed by atoms with Crippen molar-refractivity contribution in [1.29, 1.82) is 0 Å². The van der Waals surface area contributed by atoms with Crippen LogP contribution in [0.25, 0.3) is 10.2 Å². The lowest BCUT2D eigenvalue weighted by molar-refractivity contribution is 0.396. The molecule has 0 aliphatic heterocycles. The number of rotatable bonds is 8. The molecule has 2 aromatic heterocycles. The molecule has 2 heterocycles. The van der Waals surface area contributed by atoms with E-state index in [0.717, 1.165) is 42.1 Å². The van der Waals surface area contributed by atoms with Crippen molar-refractivity contribution in [3.8, 4) is 0 Å². The van der Waals surface area contributed by atoms with Crippen LogP contribution in [0, 0.1) is 0 Å². The van der Waals surface area contributed by atoms with Crippen LogP contribution in [-0.4, -0.2) is 48.6 Å². The second-order valence-electron chi connectivity index (χ2n) is 5.00. The number of nitrogens with one attached hydrogen (secondary N) is 2. The van der Waals surface area contributed by atoms with E-state index >= 15 is 0 Å². The van der Waals surface area contributed by atoms with E-state index in [0.29, 0.717) is 5.95 Å². The Morgan fingerprint density at radius 3 is 2.80 bits per heavy atom. The molecular formula is C14H23N5S. The molecule has 0 amide bonds. The van der Waals surface area contributed by atoms with Gasteiger partial charge in [-0.2, -0.15) is 4.98 Å². The van der Waals surface area contributed by atoms with Gasteiger partial charge in [0.15, 0.2) is 0 Å². The summed E-state index contributed by atoms with van der Waals surface area (Å²) in [6.07, 6.45) is 2.34. The number of unbranched alkanes of at least 4 members (excludes halogenated alkanes) is 1. The molecule has 0 aliphatic rings. The van der Waals surface area contributed by atoms with Crippen molar-refractivity contribution in [1.82, 2.24) is 14.9 Å². The number of hydrogen-bond acceptors (Lipinski definition) is 6. The molecule has 2 aromatic rings. The highest BCUT2D eigenvalue weighted by molar-refractivity contribution is 7.16. The van der Waals surface area contributed by atoms with Gasteiger partial charge < -0.3 is 15.5 Å². The highest BCUT2D eigenvalue weighted by atomic mass is 32.1. The summed E-state index contributed by atoms with van der Waals surface area (Å²) < 4.78 is 0. The van der Waals surface area contributed by atoms with Gasteiger partial charge in [0.1, 0.15) is 10.6 Å². The average Bonchev–Trinajstić information content (AvgIpc) is 2.86. The largest absolute Gasteiger partial charge is 0.369 e. The van der Waals surface area contributed by atoms with Crippen LogP contribution in [0.15, 0.2) is 11.4 Å². The van der Waals surface area contributed by atoms with Crippen molar-refractivity contribution in [2.75, 3.05) is 44.4 Å². The zero-order chi connectivity index (χ0) is 14.4. The minimum Gasteiger partial charge on any atom is -0.369 e. The van der Waals surface area contributed by atoms with Gasteiger partial charge in [-0.1, -0.05) is 0 Å². The molecule has 2 rings (SSSR count). The first kappa shape index (κ1) is 15.0. The monoisotopic (exact) mass is 293 g/mol. The van der Waals surface area contributed by atoms with Gasteiger partial charge in [0, 0.05) is 13.1 Å². The molecule has 0 unspecified atom stereocenters. The highest BCUT2D eigenvalue weighted by Crippen LogP contribution is 2.26. The summed E-state index contributed by atoms with van der Waals surface area (Å²) in [4.78, 5) is 12.3. The zero-order valence-electron chi connectivity index (χ0n) is 12.4. The standard InChI is InChI=1S/C14H23N5S/c1-4-15-14-17-12(11-7-10-20-13(11)18-14)16-8-5-6-9-19(2)3/h7,10H,4-6,8-9H2,1-3H3,(H2,15,16,17,18). The Morgan fingerprint density at radius 1 is 1.20 bits per heavy atom. The lowest BCUT2D eigenvalue weighted by Gasteiger charge is -2.11. The van der Waals surface area contributed by atoms with E-state index in [4.69, 9.17) is 0 Å². The third-order valence-corrected chi connectivity index (χ3v) is 3.79. The number of aromatic nitrogens is 2. The molecule has 0 saturated carbocycles. The molecule has 0 aromatic carbocycles. The van der Waals surface area contributed by atoms with Gasteiger partial charge in [-0.25, -0.2) is 4.98 Å². The Hall–Kier alpha value is -1.40. The van der Waals surface area contributed by atoms with Crippen molar-refractivity contribution >= 4 is 33.3 Å². The highest BCUT2D eigenvalue weighted by Gasteiger charge is 2.07. The normalized spacial score (nSPS) is 11.2. The molecule has 20 heavy (non-hydrogen) atoms. The SMILES string of the molecule is CCNc1nc(NCCCCN(C)C)c2ccsc2n1. The average molecular weight is 293 g/mol. The van der Waals surface area contributed by atoms with Gasteiger partial charge in [0.25, 0.3) is 0 Å². The Kier molecular flexibility index (Phi) is 5.55. The van der Waals surface area contributed by atoms with Crippen molar-refractivity contribution < 1.29 is 0 Å². The molecule has 0 spiro atoms. The van der Waals surface area contributed by atoms with Crippen molar-refractivity contribution in [2.45, 2.75) is 19.8 Å². The quantitative estimate of drug-likeness (QED) is 0.733. The van der Waals surface area contributed by atoms with Crippen LogP contribution in [0.1, 0.15) is 19.8 Å². The Bertz CT molecular complexity index is 537. The fourth-order valence-electron chi connectivity index (χ4n) is 1.99. The second-order valence-corrected chi connectivity index (χ2v) is 5.90. The van der Waals surface area contributed by atoms with Gasteiger partial charge in [-0.05, 0) is 51.9 Å². The molecule has 0 aliphatic carbocycles. The van der Waals surface area contributed by atoms with Crippen LogP contribution in [0.4, 0.5) is 11.8 Å². The van der Waals surface area contributed by atoms with Crippen LogP contribution in [0.3, 0.4) is 0 Å². The summed E-state index contributed by atoms with van der Waals surface area (Å²) in [6.45, 7) is 4.96. The Labute approximate surface area is 124 Å². The summed E-state index contributed by atoms with van der Waals surface area (Å²) in [5, 5.41) is 9.80. The van der Waals surface area contributed by atoms with Crippen molar-refractivity contribution in [3.05, 3.63) is 11.4 Å². The predicted molar refractivity (Wildman–Crippen MR) is 87.9 cm³/mol. The number of fused-ring (bicyclic) bond motifs is 1. The second kappa shape index (κ2) is 7.40. The first-order valence-corrected chi connectivity index (χ1v) is 7.96. The van der Waals surface area contributed by atoms with Crippen LogP contribution in [0.2, 0.25) is 0 Å². The van der Waals surface area contributed by atoms with Gasteiger partial charge in [0.05, 0.1) is 5.39 Å². The van der Waals surface area contributed by atoms with E-state index < -0.39 is 0 Å². The fraction of sp³-hybridized carbons (Fsp3) is 0.571. The summed E-state index contributed by atoms with van der Waals surface area (Å²) in [6, 6.07) is 2.08. The molecule has 5 nitrogen and oxygen atoms in total. The lowest BCUT2D eigenvalue weighted by Crippen LogP contribution is -2.14. The lowest BCUT2D eigenvalue weighted by atomic mass is 10.3. The zero-order valence-corrected chi connectivity index (χ0v) is 13.3. The predicted octanol–water partition coefficient (Wildman–Crippen LogP) is 2.88. The third kappa shape index (κ3) is 4.05. The van der Waals surface area contributed by atoms with Gasteiger partial charge >= 0.3 is 0 Å². The van der Waals surface area contributed by atoms with Gasteiger partial charge in [-0.15, -0.1) is 11.3 Å². The van der Waals surface area contributed by atoms with Crippen molar-refractivity contribution in [3.63, 3.8) is 0 Å². The first-order chi connectivity index (χ1) is 9.70. The summed E-state index contributed by atoms with van der Waals surface area (Å²) in [5.41, 5.74) is 0. The Balaban J connectivity index is 1.98. The summed E-state index contributed by atoms with van der Waals surface area (Å²) in [5.74, 6) is 1.65. The number of thiophene rings is 1. The molecule has 0 bridgehead atoms. The molecule has 0 saturated heterocycles. The maximum atomic E-state index is 4.56. The van der Waals surface area contributed by atoms with Gasteiger partial charge in [-0.3, -0.25) is 0 Å². The van der Waals surface area contributed by atoms with E-state index in [-0.39, 0.29) is 0 Å². The van der Waals surface area contributed by atoms with E-state index in [1.807, 2.05) is 0 Å². The molecule has 2 N–H and O–H groups in total. The Morgan fingerprint density at radius 2 is 2.05 bits per heavy atom. The summed E-state index contributed by atoms with van der Waals surface area (Å²) >= 11 is 1.65. The number of nitrogens with zero attached hydrogens (tertiary/aromatic N) is 3. The molecule has 0 atom stereocenters. The third-order valence-electron chi connectivity index (χ3n) is 2.98. The minimum atomic E-state index is 0.707. The van der Waals surface area contributed by atoms with E-state index in [9.17, 15) is 0 Å². The number of anilines is 2. The maximum Gasteiger partial charge on any atom is 0.226 e. The van der Waals surface area contributed by atoms with Gasteiger partial charge in [0.2, 0.25) is 5.95 Å². The maximum absolute atomic E-state index is 4.56. The minimum absolute atomic E-state index is 0.707. The van der Waals surface area contributed by atoms with E-state index in [2.05, 4.69) is 58.0 Å². The van der Waals surface area contributed by atoms with E-state index in [1.54, 1.807) is 11.3 Å². The van der Waals surface area contributed by atoms with Crippen LogP contribution < -0.4 is 10.6 Å². The topological polar surface area (TPSA) is 53.1 Å². The van der Waals surface area contributed by atoms with Crippen molar-refractivity contribution in [2.24, 2.45) is 0 Å². The fourth-order valence-corrected chi connectivity index (χ4v) is 2.75. The summed E-state index contributed by atoms with van der Waals surface area (Å²) in [7, 11) is 4.21. The number of hydrogen-bond donors (Lipinski definition) is 2. The van der Waals surface area contributed by atoms with Crippen LogP contribution >= 0.6 is 11.3 Å². The molecule has 0 fully saturated rings. The smallest absolute Gasteiger partial charge is 0.226 e. The molecule has 6 heteroatoms. The molecular weight excluding hydrogens is 270 g/mol. The first-order valence-electron chi connectivity index (χ1n) is 7.08. The van der Waals surface area contributed by atoms with Crippen LogP contribution in [0.5, 0.6) is 0 Å².